The van der Waals surface area contributed by atoms with Crippen LogP contribution in [0.5, 0.6) is 0 Å². The van der Waals surface area contributed by atoms with Gasteiger partial charge in [-0.1, -0.05) is 60.4 Å². The predicted molar refractivity (Wildman–Crippen MR) is 123 cm³/mol. The molecule has 7 nitrogen and oxygen atoms in total. The Labute approximate surface area is 190 Å². The van der Waals surface area contributed by atoms with Crippen molar-refractivity contribution < 1.29 is 24.2 Å². The summed E-state index contributed by atoms with van der Waals surface area (Å²) in [5.41, 5.74) is 8.84. The van der Waals surface area contributed by atoms with Crippen molar-refractivity contribution in [3.05, 3.63) is 95.1 Å². The number of nitrogen functional groups attached to an aromatic ring is 1. The van der Waals surface area contributed by atoms with Crippen LogP contribution in [0.2, 0.25) is 0 Å². The Kier molecular flexibility index (Phi) is 7.35. The number of carboxylic acids is 1. The molecule has 3 aromatic carbocycles. The molecule has 3 rings (SSSR count). The van der Waals surface area contributed by atoms with Crippen LogP contribution in [0, 0.1) is 17.3 Å². The first kappa shape index (κ1) is 23.0. The van der Waals surface area contributed by atoms with Crippen LogP contribution in [-0.2, 0) is 14.3 Å². The molecular formula is C26H20N2O5. The molecule has 0 heterocycles. The number of aliphatic carboxylic acids is 1. The Balaban J connectivity index is 1.90. The van der Waals surface area contributed by atoms with Crippen LogP contribution in [-0.4, -0.2) is 28.9 Å². The predicted octanol–water partition coefficient (Wildman–Crippen LogP) is 3.59. The number of hydrogen-bond donors (Lipinski definition) is 3. The lowest BCUT2D eigenvalue weighted by atomic mass is 9.95. The quantitative estimate of drug-likeness (QED) is 0.177. The van der Waals surface area contributed by atoms with Crippen molar-refractivity contribution in [3.8, 4) is 23.0 Å². The molecule has 0 fully saturated rings. The van der Waals surface area contributed by atoms with E-state index in [1.807, 2.05) is 18.2 Å². The van der Waals surface area contributed by atoms with Crippen molar-refractivity contribution >= 4 is 23.7 Å². The molecule has 0 saturated heterocycles. The average molecular weight is 440 g/mol. The Morgan fingerprint density at radius 2 is 1.48 bits per heavy atom. The lowest BCUT2D eigenvalue weighted by Gasteiger charge is -2.10. The van der Waals surface area contributed by atoms with Crippen LogP contribution in [0.1, 0.15) is 39.9 Å². The van der Waals surface area contributed by atoms with Crippen LogP contribution in [0.15, 0.2) is 72.8 Å². The first-order valence-corrected chi connectivity index (χ1v) is 9.97. The van der Waals surface area contributed by atoms with Gasteiger partial charge in [0, 0.05) is 16.7 Å². The van der Waals surface area contributed by atoms with Crippen molar-refractivity contribution in [1.82, 2.24) is 0 Å². The number of amidine groups is 1. The average Bonchev–Trinajstić information content (AvgIpc) is 2.82. The normalized spacial score (nSPS) is 9.94. The van der Waals surface area contributed by atoms with E-state index in [0.29, 0.717) is 22.3 Å². The van der Waals surface area contributed by atoms with Crippen LogP contribution in [0.4, 0.5) is 0 Å². The Morgan fingerprint density at radius 1 is 0.848 bits per heavy atom. The SMILES string of the molecule is N=C(N)c1ccc(C#Cc2ccccc2-c2ccccc2C(=O)OC(=O)CCC(=O)O)cc1. The maximum Gasteiger partial charge on any atom is 0.346 e. The first-order chi connectivity index (χ1) is 15.8. The van der Waals surface area contributed by atoms with Gasteiger partial charge < -0.3 is 15.6 Å². The van der Waals surface area contributed by atoms with Gasteiger partial charge in [0.2, 0.25) is 0 Å². The van der Waals surface area contributed by atoms with E-state index in [4.69, 9.17) is 21.0 Å². The molecule has 3 aromatic rings. The van der Waals surface area contributed by atoms with Crippen molar-refractivity contribution in [2.75, 3.05) is 0 Å². The number of carbonyl (C=O) groups excluding carboxylic acids is 2. The minimum atomic E-state index is -1.15. The van der Waals surface area contributed by atoms with Crippen LogP contribution < -0.4 is 5.73 Å². The number of rotatable bonds is 6. The van der Waals surface area contributed by atoms with Crippen molar-refractivity contribution in [1.29, 1.82) is 5.41 Å². The van der Waals surface area contributed by atoms with Crippen molar-refractivity contribution in [3.63, 3.8) is 0 Å². The van der Waals surface area contributed by atoms with Crippen molar-refractivity contribution in [2.24, 2.45) is 5.73 Å². The van der Waals surface area contributed by atoms with Gasteiger partial charge in [-0.2, -0.15) is 0 Å². The summed E-state index contributed by atoms with van der Waals surface area (Å²) >= 11 is 0. The summed E-state index contributed by atoms with van der Waals surface area (Å²) in [5, 5.41) is 16.1. The molecule has 33 heavy (non-hydrogen) atoms. The van der Waals surface area contributed by atoms with E-state index in [0.717, 1.165) is 5.56 Å². The summed E-state index contributed by atoms with van der Waals surface area (Å²) in [7, 11) is 0. The van der Waals surface area contributed by atoms with Gasteiger partial charge in [0.15, 0.2) is 0 Å². The second kappa shape index (κ2) is 10.6. The third-order valence-corrected chi connectivity index (χ3v) is 4.65. The van der Waals surface area contributed by atoms with Gasteiger partial charge in [0.1, 0.15) is 5.84 Å². The number of carbonyl (C=O) groups is 3. The van der Waals surface area contributed by atoms with Gasteiger partial charge in [-0.3, -0.25) is 15.0 Å². The fourth-order valence-electron chi connectivity index (χ4n) is 3.01. The smallest absolute Gasteiger partial charge is 0.346 e. The van der Waals surface area contributed by atoms with Gasteiger partial charge in [0.05, 0.1) is 18.4 Å². The first-order valence-electron chi connectivity index (χ1n) is 9.97. The number of benzene rings is 3. The molecular weight excluding hydrogens is 420 g/mol. The van der Waals surface area contributed by atoms with Gasteiger partial charge in [-0.25, -0.2) is 4.79 Å². The van der Waals surface area contributed by atoms with Crippen molar-refractivity contribution in [2.45, 2.75) is 12.8 Å². The monoisotopic (exact) mass is 440 g/mol. The number of nitrogens with one attached hydrogen (secondary N) is 1. The molecule has 7 heteroatoms. The number of esters is 2. The molecule has 0 atom stereocenters. The highest BCUT2D eigenvalue weighted by Crippen LogP contribution is 2.27. The van der Waals surface area contributed by atoms with Gasteiger partial charge in [-0.15, -0.1) is 0 Å². The summed E-state index contributed by atoms with van der Waals surface area (Å²) in [6.45, 7) is 0. The van der Waals surface area contributed by atoms with Gasteiger partial charge >= 0.3 is 17.9 Å². The fraction of sp³-hybridized carbons (Fsp3) is 0.0769. The standard InChI is InChI=1S/C26H20N2O5/c27-25(28)19-13-10-17(11-14-19)9-12-18-5-1-2-6-20(18)21-7-3-4-8-22(21)26(32)33-24(31)16-15-23(29)30/h1-8,10-11,13-14H,15-16H2,(H3,27,28)(H,29,30). The van der Waals surface area contributed by atoms with Crippen LogP contribution in [0.3, 0.4) is 0 Å². The molecule has 0 aliphatic rings. The summed E-state index contributed by atoms with van der Waals surface area (Å²) in [6.07, 6.45) is -0.812. The molecule has 0 aromatic heterocycles. The van der Waals surface area contributed by atoms with E-state index in [2.05, 4.69) is 11.8 Å². The van der Waals surface area contributed by atoms with E-state index >= 15 is 0 Å². The van der Waals surface area contributed by atoms with Gasteiger partial charge in [-0.05, 0) is 35.4 Å². The zero-order valence-electron chi connectivity index (χ0n) is 17.5. The number of carboxylic acid groups (broad SMARTS) is 1. The van der Waals surface area contributed by atoms with Gasteiger partial charge in [0.25, 0.3) is 0 Å². The summed E-state index contributed by atoms with van der Waals surface area (Å²) in [5.74, 6) is 3.22. The second-order valence-electron chi connectivity index (χ2n) is 6.99. The minimum Gasteiger partial charge on any atom is -0.481 e. The second-order valence-corrected chi connectivity index (χ2v) is 6.99. The lowest BCUT2D eigenvalue weighted by molar-refractivity contribution is -0.144. The topological polar surface area (TPSA) is 131 Å². The maximum absolute atomic E-state index is 12.6. The molecule has 0 spiro atoms. The fourth-order valence-corrected chi connectivity index (χ4v) is 3.01. The molecule has 0 aliphatic heterocycles. The molecule has 0 amide bonds. The Bertz CT molecular complexity index is 1280. The highest BCUT2D eigenvalue weighted by molar-refractivity contribution is 6.02. The van der Waals surface area contributed by atoms with Crippen LogP contribution in [0.25, 0.3) is 11.1 Å². The number of ether oxygens (including phenoxy) is 1. The third-order valence-electron chi connectivity index (χ3n) is 4.65. The highest BCUT2D eigenvalue weighted by atomic mass is 16.6. The van der Waals surface area contributed by atoms with Crippen LogP contribution >= 0.6 is 0 Å². The third kappa shape index (κ3) is 6.15. The molecule has 0 saturated carbocycles. The summed E-state index contributed by atoms with van der Waals surface area (Å²) in [6, 6.07) is 20.9. The zero-order valence-corrected chi connectivity index (χ0v) is 17.5. The molecule has 0 bridgehead atoms. The molecule has 164 valence electrons. The van der Waals surface area contributed by atoms with E-state index in [9.17, 15) is 14.4 Å². The Morgan fingerprint density at radius 3 is 2.15 bits per heavy atom. The maximum atomic E-state index is 12.6. The number of nitrogens with two attached hydrogens (primary N) is 1. The molecule has 0 radical (unpaired) electrons. The lowest BCUT2D eigenvalue weighted by Crippen LogP contribution is -2.14. The molecule has 4 N–H and O–H groups in total. The molecule has 0 unspecified atom stereocenters. The molecule has 0 aliphatic carbocycles. The van der Waals surface area contributed by atoms with E-state index in [1.165, 1.54) is 6.07 Å². The zero-order chi connectivity index (χ0) is 23.8. The minimum absolute atomic E-state index is 0.0233. The van der Waals surface area contributed by atoms with E-state index in [-0.39, 0.29) is 11.4 Å². The van der Waals surface area contributed by atoms with E-state index in [1.54, 1.807) is 48.5 Å². The number of hydrogen-bond acceptors (Lipinski definition) is 5. The summed E-state index contributed by atoms with van der Waals surface area (Å²) < 4.78 is 4.84. The Hall–Kier alpha value is -4.70. The highest BCUT2D eigenvalue weighted by Gasteiger charge is 2.19. The van der Waals surface area contributed by atoms with E-state index < -0.39 is 30.7 Å². The summed E-state index contributed by atoms with van der Waals surface area (Å²) in [4.78, 5) is 35.1. The largest absolute Gasteiger partial charge is 0.481 e.